The minimum atomic E-state index is 0.626. The summed E-state index contributed by atoms with van der Waals surface area (Å²) in [6.07, 6.45) is 3.94. The molecule has 0 saturated heterocycles. The molecule has 1 N–H and O–H groups in total. The molecule has 0 aliphatic heterocycles. The van der Waals surface area contributed by atoms with Crippen LogP contribution in [0.2, 0.25) is 0 Å². The number of rotatable bonds is 9. The van der Waals surface area contributed by atoms with Crippen LogP contribution in [0.1, 0.15) is 40.0 Å². The van der Waals surface area contributed by atoms with Crippen LogP contribution >= 0.6 is 27.7 Å². The van der Waals surface area contributed by atoms with Crippen molar-refractivity contribution in [1.29, 1.82) is 0 Å². The highest BCUT2D eigenvalue weighted by Gasteiger charge is 2.09. The minimum absolute atomic E-state index is 0.626. The standard InChI is InChI=1S/C16H26BrNS/c1-4-18-14(9-7-8-13(2)3)12-19-16-11-6-5-10-15(16)17/h5-6,10-11,13-14,18H,4,7-9,12H2,1-3H3. The molecule has 0 fully saturated rings. The number of halogens is 1. The van der Waals surface area contributed by atoms with Gasteiger partial charge < -0.3 is 5.32 Å². The quantitative estimate of drug-likeness (QED) is 0.607. The molecule has 19 heavy (non-hydrogen) atoms. The van der Waals surface area contributed by atoms with E-state index in [-0.39, 0.29) is 0 Å². The lowest BCUT2D eigenvalue weighted by molar-refractivity contribution is 0.469. The van der Waals surface area contributed by atoms with Crippen molar-refractivity contribution in [2.75, 3.05) is 12.3 Å². The van der Waals surface area contributed by atoms with Crippen LogP contribution in [0.5, 0.6) is 0 Å². The fourth-order valence-corrected chi connectivity index (χ4v) is 3.73. The monoisotopic (exact) mass is 343 g/mol. The highest BCUT2D eigenvalue weighted by Crippen LogP contribution is 2.28. The first kappa shape index (κ1) is 17.1. The van der Waals surface area contributed by atoms with Crippen LogP contribution in [-0.4, -0.2) is 18.3 Å². The van der Waals surface area contributed by atoms with Gasteiger partial charge in [-0.15, -0.1) is 11.8 Å². The Morgan fingerprint density at radius 2 is 1.95 bits per heavy atom. The van der Waals surface area contributed by atoms with Gasteiger partial charge >= 0.3 is 0 Å². The predicted molar refractivity (Wildman–Crippen MR) is 91.0 cm³/mol. The van der Waals surface area contributed by atoms with E-state index in [0.717, 1.165) is 18.2 Å². The molecular formula is C16H26BrNS. The van der Waals surface area contributed by atoms with E-state index in [1.807, 2.05) is 11.8 Å². The minimum Gasteiger partial charge on any atom is -0.313 e. The summed E-state index contributed by atoms with van der Waals surface area (Å²) in [5.74, 6) is 1.97. The van der Waals surface area contributed by atoms with Crippen molar-refractivity contribution < 1.29 is 0 Å². The Bertz CT molecular complexity index is 354. The third-order valence-electron chi connectivity index (χ3n) is 3.10. The van der Waals surface area contributed by atoms with Crippen LogP contribution in [-0.2, 0) is 0 Å². The molecule has 1 aromatic carbocycles. The molecule has 0 amide bonds. The second-order valence-corrected chi connectivity index (χ2v) is 7.24. The summed E-state index contributed by atoms with van der Waals surface area (Å²) >= 11 is 5.56. The second-order valence-electron chi connectivity index (χ2n) is 5.32. The zero-order valence-corrected chi connectivity index (χ0v) is 14.7. The fraction of sp³-hybridized carbons (Fsp3) is 0.625. The summed E-state index contributed by atoms with van der Waals surface area (Å²) < 4.78 is 1.21. The number of hydrogen-bond acceptors (Lipinski definition) is 2. The Balaban J connectivity index is 2.38. The number of benzene rings is 1. The summed E-state index contributed by atoms with van der Waals surface area (Å²) in [6, 6.07) is 9.10. The summed E-state index contributed by atoms with van der Waals surface area (Å²) in [6.45, 7) is 7.86. The van der Waals surface area contributed by atoms with Gasteiger partial charge in [0.25, 0.3) is 0 Å². The van der Waals surface area contributed by atoms with E-state index >= 15 is 0 Å². The van der Waals surface area contributed by atoms with Crippen molar-refractivity contribution in [2.45, 2.75) is 51.0 Å². The van der Waals surface area contributed by atoms with Crippen molar-refractivity contribution in [3.05, 3.63) is 28.7 Å². The molecule has 1 atom stereocenters. The van der Waals surface area contributed by atoms with Gasteiger partial charge in [0.05, 0.1) is 0 Å². The third-order valence-corrected chi connectivity index (χ3v) is 5.29. The number of thioether (sulfide) groups is 1. The van der Waals surface area contributed by atoms with Crippen LogP contribution in [0.3, 0.4) is 0 Å². The van der Waals surface area contributed by atoms with Gasteiger partial charge in [-0.3, -0.25) is 0 Å². The molecule has 0 saturated carbocycles. The van der Waals surface area contributed by atoms with Crippen LogP contribution in [0.15, 0.2) is 33.6 Å². The molecule has 1 nitrogen and oxygen atoms in total. The lowest BCUT2D eigenvalue weighted by Crippen LogP contribution is -2.31. The van der Waals surface area contributed by atoms with Crippen LogP contribution in [0.25, 0.3) is 0 Å². The van der Waals surface area contributed by atoms with Crippen molar-refractivity contribution in [1.82, 2.24) is 5.32 Å². The average molecular weight is 344 g/mol. The second kappa shape index (κ2) is 9.84. The van der Waals surface area contributed by atoms with Crippen LogP contribution in [0, 0.1) is 5.92 Å². The van der Waals surface area contributed by atoms with Crippen LogP contribution < -0.4 is 5.32 Å². The van der Waals surface area contributed by atoms with Gasteiger partial charge in [0.2, 0.25) is 0 Å². The number of hydrogen-bond donors (Lipinski definition) is 1. The Morgan fingerprint density at radius 3 is 2.58 bits per heavy atom. The van der Waals surface area contributed by atoms with E-state index in [9.17, 15) is 0 Å². The first-order chi connectivity index (χ1) is 9.13. The highest BCUT2D eigenvalue weighted by atomic mass is 79.9. The smallest absolute Gasteiger partial charge is 0.0311 e. The molecule has 0 aliphatic carbocycles. The van der Waals surface area contributed by atoms with E-state index < -0.39 is 0 Å². The van der Waals surface area contributed by atoms with Gasteiger partial charge in [-0.2, -0.15) is 0 Å². The fourth-order valence-electron chi connectivity index (χ4n) is 2.06. The first-order valence-electron chi connectivity index (χ1n) is 7.24. The Morgan fingerprint density at radius 1 is 1.21 bits per heavy atom. The van der Waals surface area contributed by atoms with E-state index in [2.05, 4.69) is 66.3 Å². The topological polar surface area (TPSA) is 12.0 Å². The summed E-state index contributed by atoms with van der Waals surface area (Å²) in [7, 11) is 0. The molecular weight excluding hydrogens is 318 g/mol. The molecule has 0 heterocycles. The van der Waals surface area contributed by atoms with Gasteiger partial charge in [0.15, 0.2) is 0 Å². The van der Waals surface area contributed by atoms with Crippen molar-refractivity contribution in [3.8, 4) is 0 Å². The zero-order valence-electron chi connectivity index (χ0n) is 12.3. The Labute approximate surface area is 131 Å². The SMILES string of the molecule is CCNC(CCCC(C)C)CSc1ccccc1Br. The van der Waals surface area contributed by atoms with Gasteiger partial charge in [-0.1, -0.05) is 45.7 Å². The Kier molecular flexibility index (Phi) is 8.84. The lowest BCUT2D eigenvalue weighted by Gasteiger charge is -2.18. The molecule has 1 unspecified atom stereocenters. The molecule has 0 aliphatic rings. The summed E-state index contributed by atoms with van der Waals surface area (Å²) in [5.41, 5.74) is 0. The molecule has 0 bridgehead atoms. The van der Waals surface area contributed by atoms with Crippen molar-refractivity contribution in [3.63, 3.8) is 0 Å². The predicted octanol–water partition coefficient (Wildman–Crippen LogP) is 5.35. The first-order valence-corrected chi connectivity index (χ1v) is 9.02. The molecule has 1 aromatic rings. The molecule has 0 spiro atoms. The van der Waals surface area contributed by atoms with Gasteiger partial charge in [-0.25, -0.2) is 0 Å². The van der Waals surface area contributed by atoms with E-state index in [1.54, 1.807) is 0 Å². The molecule has 0 aromatic heterocycles. The highest BCUT2D eigenvalue weighted by molar-refractivity contribution is 9.10. The summed E-state index contributed by atoms with van der Waals surface area (Å²) in [5, 5.41) is 3.61. The van der Waals surface area contributed by atoms with Gasteiger partial charge in [-0.05, 0) is 46.9 Å². The molecule has 1 rings (SSSR count). The zero-order chi connectivity index (χ0) is 14.1. The van der Waals surface area contributed by atoms with E-state index in [4.69, 9.17) is 0 Å². The maximum atomic E-state index is 3.62. The molecule has 0 radical (unpaired) electrons. The largest absolute Gasteiger partial charge is 0.313 e. The maximum Gasteiger partial charge on any atom is 0.0311 e. The molecule has 3 heteroatoms. The summed E-state index contributed by atoms with van der Waals surface area (Å²) in [4.78, 5) is 1.34. The van der Waals surface area contributed by atoms with E-state index in [0.29, 0.717) is 6.04 Å². The van der Waals surface area contributed by atoms with Gasteiger partial charge in [0.1, 0.15) is 0 Å². The van der Waals surface area contributed by atoms with Crippen molar-refractivity contribution in [2.24, 2.45) is 5.92 Å². The van der Waals surface area contributed by atoms with Gasteiger partial charge in [0, 0.05) is 21.2 Å². The average Bonchev–Trinajstić information content (AvgIpc) is 2.37. The normalized spacial score (nSPS) is 12.9. The van der Waals surface area contributed by atoms with E-state index in [1.165, 1.54) is 28.6 Å². The third kappa shape index (κ3) is 7.38. The lowest BCUT2D eigenvalue weighted by atomic mass is 10.0. The maximum absolute atomic E-state index is 3.62. The van der Waals surface area contributed by atoms with Crippen molar-refractivity contribution >= 4 is 27.7 Å². The number of nitrogens with one attached hydrogen (secondary N) is 1. The van der Waals surface area contributed by atoms with Crippen LogP contribution in [0.4, 0.5) is 0 Å². The Hall–Kier alpha value is 0.01000. The molecule has 108 valence electrons.